The lowest BCUT2D eigenvalue weighted by molar-refractivity contribution is 0.0951. The van der Waals surface area contributed by atoms with Crippen LogP contribution in [0.1, 0.15) is 26.3 Å². The Balaban J connectivity index is 1.51. The van der Waals surface area contributed by atoms with Crippen LogP contribution in [-0.4, -0.2) is 28.3 Å². The minimum atomic E-state index is -0.578. The number of nitrogens with zero attached hydrogens (tertiary/aromatic N) is 3. The molecule has 0 N–H and O–H groups in total. The molecule has 3 aromatic carbocycles. The third-order valence-electron chi connectivity index (χ3n) is 5.63. The van der Waals surface area contributed by atoms with Gasteiger partial charge in [0, 0.05) is 22.1 Å². The molecule has 0 bridgehead atoms. The SMILES string of the molecule is N#CC(=Cc1ccc2c(c1)OCO2)C(=O)n1nc2c3c(cccc31)C(=O)c1ccccc1-2. The largest absolute Gasteiger partial charge is 0.454 e. The Morgan fingerprint density at radius 1 is 1.00 bits per heavy atom. The van der Waals surface area contributed by atoms with Crippen molar-refractivity contribution in [2.24, 2.45) is 0 Å². The Bertz CT molecular complexity index is 1560. The summed E-state index contributed by atoms with van der Waals surface area (Å²) in [7, 11) is 0. The van der Waals surface area contributed by atoms with Crippen LogP contribution in [0.15, 0.2) is 66.2 Å². The molecule has 32 heavy (non-hydrogen) atoms. The van der Waals surface area contributed by atoms with Crippen LogP contribution in [0.5, 0.6) is 11.5 Å². The van der Waals surface area contributed by atoms with Crippen molar-refractivity contribution in [2.75, 3.05) is 6.79 Å². The fraction of sp³-hybridized carbons (Fsp3) is 0.0400. The lowest BCUT2D eigenvalue weighted by atomic mass is 9.87. The zero-order valence-electron chi connectivity index (χ0n) is 16.5. The molecule has 0 saturated carbocycles. The van der Waals surface area contributed by atoms with Gasteiger partial charge in [0.1, 0.15) is 17.3 Å². The van der Waals surface area contributed by atoms with E-state index in [1.165, 1.54) is 10.8 Å². The quantitative estimate of drug-likeness (QED) is 0.314. The molecular weight excluding hydrogens is 406 g/mol. The van der Waals surface area contributed by atoms with Crippen molar-refractivity contribution in [3.63, 3.8) is 0 Å². The first kappa shape index (κ1) is 18.1. The molecule has 0 spiro atoms. The number of carbonyl (C=O) groups excluding carboxylic acids is 2. The molecule has 6 rings (SSSR count). The molecular formula is C25H13N3O4. The van der Waals surface area contributed by atoms with E-state index in [9.17, 15) is 14.9 Å². The number of hydrogen-bond acceptors (Lipinski definition) is 6. The highest BCUT2D eigenvalue weighted by molar-refractivity contribution is 6.26. The van der Waals surface area contributed by atoms with Crippen molar-refractivity contribution in [1.82, 2.24) is 9.78 Å². The van der Waals surface area contributed by atoms with Gasteiger partial charge in [-0.3, -0.25) is 9.59 Å². The van der Waals surface area contributed by atoms with Crippen molar-refractivity contribution in [3.05, 3.63) is 82.9 Å². The Labute approximate surface area is 181 Å². The second-order valence-corrected chi connectivity index (χ2v) is 7.42. The molecule has 152 valence electrons. The summed E-state index contributed by atoms with van der Waals surface area (Å²) in [5, 5.41) is 14.9. The Morgan fingerprint density at radius 3 is 2.62 bits per heavy atom. The standard InChI is InChI=1S/C25H13N3O4/c26-12-15(10-14-8-9-20-21(11-14)32-13-31-20)25(30)28-19-7-3-6-18-22(19)23(27-28)16-4-1-2-5-17(16)24(18)29/h1-11H,13H2. The number of ketones is 1. The van der Waals surface area contributed by atoms with Crippen molar-refractivity contribution >= 4 is 28.7 Å². The molecule has 0 unspecified atom stereocenters. The summed E-state index contributed by atoms with van der Waals surface area (Å²) in [6, 6.07) is 19.5. The minimum Gasteiger partial charge on any atom is -0.454 e. The van der Waals surface area contributed by atoms with Crippen molar-refractivity contribution in [2.45, 2.75) is 0 Å². The van der Waals surface area contributed by atoms with E-state index in [1.54, 1.807) is 48.5 Å². The van der Waals surface area contributed by atoms with Gasteiger partial charge in [-0.1, -0.05) is 42.5 Å². The summed E-state index contributed by atoms with van der Waals surface area (Å²) in [5.74, 6) is 0.484. The van der Waals surface area contributed by atoms with Gasteiger partial charge < -0.3 is 9.47 Å². The molecule has 1 aliphatic carbocycles. The molecule has 0 radical (unpaired) electrons. The fourth-order valence-electron chi connectivity index (χ4n) is 4.16. The van der Waals surface area contributed by atoms with E-state index < -0.39 is 5.91 Å². The van der Waals surface area contributed by atoms with Gasteiger partial charge in [-0.2, -0.15) is 15.0 Å². The van der Waals surface area contributed by atoms with Crippen LogP contribution in [0.3, 0.4) is 0 Å². The third-order valence-corrected chi connectivity index (χ3v) is 5.63. The lowest BCUT2D eigenvalue weighted by Crippen LogP contribution is -2.14. The van der Waals surface area contributed by atoms with Crippen LogP contribution in [-0.2, 0) is 0 Å². The average Bonchev–Trinajstić information content (AvgIpc) is 3.45. The van der Waals surface area contributed by atoms with E-state index in [0.29, 0.717) is 50.3 Å². The number of hydrogen-bond donors (Lipinski definition) is 0. The van der Waals surface area contributed by atoms with Gasteiger partial charge in [-0.15, -0.1) is 0 Å². The highest BCUT2D eigenvalue weighted by Crippen LogP contribution is 2.39. The number of rotatable bonds is 2. The number of fused-ring (bicyclic) bond motifs is 3. The Hall–Kier alpha value is -4.70. The number of aromatic nitrogens is 2. The number of carbonyl (C=O) groups is 2. The van der Waals surface area contributed by atoms with Crippen molar-refractivity contribution < 1.29 is 19.1 Å². The van der Waals surface area contributed by atoms with Crippen LogP contribution in [0.2, 0.25) is 0 Å². The first-order chi connectivity index (χ1) is 15.7. The van der Waals surface area contributed by atoms with E-state index in [4.69, 9.17) is 9.47 Å². The molecule has 2 heterocycles. The molecule has 1 aliphatic heterocycles. The van der Waals surface area contributed by atoms with Gasteiger partial charge >= 0.3 is 0 Å². The molecule has 7 nitrogen and oxygen atoms in total. The molecule has 4 aromatic rings. The van der Waals surface area contributed by atoms with Crippen LogP contribution in [0.25, 0.3) is 28.2 Å². The summed E-state index contributed by atoms with van der Waals surface area (Å²) in [5.41, 5.74) is 3.28. The summed E-state index contributed by atoms with van der Waals surface area (Å²) < 4.78 is 11.9. The first-order valence-electron chi connectivity index (χ1n) is 9.88. The van der Waals surface area contributed by atoms with Crippen LogP contribution >= 0.6 is 0 Å². The van der Waals surface area contributed by atoms with Crippen LogP contribution in [0, 0.1) is 11.3 Å². The smallest absolute Gasteiger partial charge is 0.289 e. The number of benzene rings is 3. The first-order valence-corrected chi connectivity index (χ1v) is 9.88. The zero-order chi connectivity index (χ0) is 21.8. The molecule has 0 atom stereocenters. The predicted octanol–water partition coefficient (Wildman–Crippen LogP) is 4.22. The summed E-state index contributed by atoms with van der Waals surface area (Å²) in [6.45, 7) is 0.136. The molecule has 2 aliphatic rings. The monoisotopic (exact) mass is 419 g/mol. The van der Waals surface area contributed by atoms with Gasteiger partial charge in [-0.25, -0.2) is 0 Å². The van der Waals surface area contributed by atoms with E-state index >= 15 is 0 Å². The van der Waals surface area contributed by atoms with Gasteiger partial charge in [0.2, 0.25) is 6.79 Å². The van der Waals surface area contributed by atoms with Gasteiger partial charge in [0.15, 0.2) is 17.3 Å². The number of ether oxygens (including phenoxy) is 2. The van der Waals surface area contributed by atoms with E-state index in [1.807, 2.05) is 18.2 Å². The lowest BCUT2D eigenvalue weighted by Gasteiger charge is -2.13. The normalized spacial score (nSPS) is 13.7. The van der Waals surface area contributed by atoms with Crippen molar-refractivity contribution in [1.29, 1.82) is 5.26 Å². The predicted molar refractivity (Wildman–Crippen MR) is 115 cm³/mol. The third kappa shape index (κ3) is 2.50. The molecule has 0 saturated heterocycles. The maximum Gasteiger partial charge on any atom is 0.289 e. The van der Waals surface area contributed by atoms with E-state index in [-0.39, 0.29) is 18.1 Å². The highest BCUT2D eigenvalue weighted by atomic mass is 16.7. The molecule has 1 aromatic heterocycles. The topological polar surface area (TPSA) is 94.2 Å². The maximum absolute atomic E-state index is 13.4. The van der Waals surface area contributed by atoms with Crippen molar-refractivity contribution in [3.8, 4) is 28.8 Å². The van der Waals surface area contributed by atoms with E-state index in [2.05, 4.69) is 5.10 Å². The van der Waals surface area contributed by atoms with E-state index in [0.717, 1.165) is 0 Å². The molecule has 0 amide bonds. The summed E-state index contributed by atoms with van der Waals surface area (Å²) in [6.07, 6.45) is 1.49. The second kappa shape index (κ2) is 6.65. The fourth-order valence-corrected chi connectivity index (χ4v) is 4.16. The van der Waals surface area contributed by atoms with Crippen LogP contribution in [0.4, 0.5) is 0 Å². The van der Waals surface area contributed by atoms with Gasteiger partial charge in [0.05, 0.1) is 5.52 Å². The van der Waals surface area contributed by atoms with Gasteiger partial charge in [-0.05, 0) is 29.8 Å². The highest BCUT2D eigenvalue weighted by Gasteiger charge is 2.30. The number of allylic oxidation sites excluding steroid dienone is 1. The zero-order valence-corrected chi connectivity index (χ0v) is 16.5. The molecule has 7 heteroatoms. The second-order valence-electron chi connectivity index (χ2n) is 7.42. The summed E-state index contributed by atoms with van der Waals surface area (Å²) in [4.78, 5) is 26.3. The Morgan fingerprint density at radius 2 is 1.78 bits per heavy atom. The number of nitriles is 1. The molecule has 0 fully saturated rings. The maximum atomic E-state index is 13.4. The minimum absolute atomic E-state index is 0.0934. The summed E-state index contributed by atoms with van der Waals surface area (Å²) >= 11 is 0. The van der Waals surface area contributed by atoms with Gasteiger partial charge in [0.25, 0.3) is 5.91 Å². The average molecular weight is 419 g/mol. The van der Waals surface area contributed by atoms with Crippen LogP contribution < -0.4 is 9.47 Å². The Kier molecular flexibility index (Phi) is 3.76.